The summed E-state index contributed by atoms with van der Waals surface area (Å²) in [6.07, 6.45) is 1.42. The van der Waals surface area contributed by atoms with Gasteiger partial charge in [-0.25, -0.2) is 4.79 Å². The van der Waals surface area contributed by atoms with E-state index in [9.17, 15) is 4.79 Å². The third kappa shape index (κ3) is 2.69. The lowest BCUT2D eigenvalue weighted by atomic mass is 10.2. The fraction of sp³-hybridized carbons (Fsp3) is 0.167. The molecular weight excluding hydrogens is 248 g/mol. The van der Waals surface area contributed by atoms with Crippen LogP contribution in [-0.2, 0) is 6.54 Å². The molecule has 0 aliphatic heterocycles. The summed E-state index contributed by atoms with van der Waals surface area (Å²) in [5.74, 6) is 0.0778. The molecule has 2 aromatic rings. The first-order valence-electron chi connectivity index (χ1n) is 5.40. The lowest BCUT2D eigenvalue weighted by molar-refractivity contribution is 0.0695. The number of nitriles is 1. The predicted molar refractivity (Wildman–Crippen MR) is 64.5 cm³/mol. The number of anilines is 1. The summed E-state index contributed by atoms with van der Waals surface area (Å²) in [7, 11) is 0. The van der Waals surface area contributed by atoms with Crippen LogP contribution < -0.4 is 5.32 Å². The van der Waals surface area contributed by atoms with Crippen molar-refractivity contribution in [3.8, 4) is 6.07 Å². The van der Waals surface area contributed by atoms with Crippen molar-refractivity contribution in [2.45, 2.75) is 13.5 Å². The van der Waals surface area contributed by atoms with Crippen LogP contribution in [0.15, 0.2) is 22.7 Å². The van der Waals surface area contributed by atoms with Crippen LogP contribution >= 0.6 is 0 Å². The van der Waals surface area contributed by atoms with Gasteiger partial charge in [-0.15, -0.1) is 5.10 Å². The largest absolute Gasteiger partial charge is 0.478 e. The second kappa shape index (κ2) is 5.18. The molecule has 0 bridgehead atoms. The molecule has 0 fully saturated rings. The zero-order valence-corrected chi connectivity index (χ0v) is 10.0. The number of carboxylic acid groups (broad SMARTS) is 1. The molecule has 0 aromatic carbocycles. The Morgan fingerprint density at radius 3 is 3.05 bits per heavy atom. The van der Waals surface area contributed by atoms with Crippen molar-refractivity contribution >= 4 is 11.8 Å². The second-order valence-corrected chi connectivity index (χ2v) is 3.75. The molecule has 2 heterocycles. The first kappa shape index (κ1) is 12.6. The van der Waals surface area contributed by atoms with E-state index < -0.39 is 5.97 Å². The van der Waals surface area contributed by atoms with E-state index in [4.69, 9.17) is 14.8 Å². The average molecular weight is 258 g/mol. The normalized spacial score (nSPS) is 9.89. The van der Waals surface area contributed by atoms with Gasteiger partial charge in [-0.2, -0.15) is 10.4 Å². The maximum Gasteiger partial charge on any atom is 0.339 e. The van der Waals surface area contributed by atoms with Crippen LogP contribution in [0.4, 0.5) is 5.82 Å². The predicted octanol–water partition coefficient (Wildman–Crippen LogP) is 1.56. The number of nitrogens with one attached hydrogen (secondary N) is 1. The molecule has 0 saturated carbocycles. The van der Waals surface area contributed by atoms with E-state index in [0.29, 0.717) is 22.9 Å². The number of nitrogens with zero attached hydrogens (tertiary/aromatic N) is 3. The molecule has 0 amide bonds. The van der Waals surface area contributed by atoms with Crippen LogP contribution in [-0.4, -0.2) is 21.3 Å². The van der Waals surface area contributed by atoms with E-state index in [1.807, 2.05) is 6.07 Å². The van der Waals surface area contributed by atoms with Gasteiger partial charge in [0.1, 0.15) is 23.2 Å². The summed E-state index contributed by atoms with van der Waals surface area (Å²) in [6, 6.07) is 4.95. The molecule has 19 heavy (non-hydrogen) atoms. The molecule has 2 rings (SSSR count). The van der Waals surface area contributed by atoms with E-state index >= 15 is 0 Å². The number of carboxylic acids is 1. The van der Waals surface area contributed by atoms with Crippen molar-refractivity contribution in [1.82, 2.24) is 10.2 Å². The van der Waals surface area contributed by atoms with E-state index in [0.717, 1.165) is 0 Å². The number of hydrogen-bond acceptors (Lipinski definition) is 6. The molecular formula is C12H10N4O3. The molecule has 2 aromatic heterocycles. The molecule has 96 valence electrons. The Labute approximate surface area is 108 Å². The first-order chi connectivity index (χ1) is 9.11. The number of hydrogen-bond donors (Lipinski definition) is 2. The minimum Gasteiger partial charge on any atom is -0.478 e. The van der Waals surface area contributed by atoms with Gasteiger partial charge in [-0.05, 0) is 19.1 Å². The monoisotopic (exact) mass is 258 g/mol. The molecule has 0 saturated heterocycles. The molecule has 7 nitrogen and oxygen atoms in total. The summed E-state index contributed by atoms with van der Waals surface area (Å²) < 4.78 is 5.30. The number of aromatic nitrogens is 2. The van der Waals surface area contributed by atoms with Gasteiger partial charge in [-0.3, -0.25) is 0 Å². The molecule has 0 radical (unpaired) electrons. The minimum atomic E-state index is -1.04. The topological polar surface area (TPSA) is 112 Å². The Kier molecular flexibility index (Phi) is 3.43. The van der Waals surface area contributed by atoms with Crippen LogP contribution in [0.1, 0.15) is 27.4 Å². The van der Waals surface area contributed by atoms with Crippen molar-refractivity contribution in [1.29, 1.82) is 5.26 Å². The lowest BCUT2D eigenvalue weighted by Crippen LogP contribution is -2.03. The maximum absolute atomic E-state index is 10.9. The van der Waals surface area contributed by atoms with Crippen molar-refractivity contribution in [3.05, 3.63) is 41.0 Å². The highest BCUT2D eigenvalue weighted by Crippen LogP contribution is 2.16. The Balaban J connectivity index is 2.13. The molecule has 2 N–H and O–H groups in total. The van der Waals surface area contributed by atoms with E-state index in [-0.39, 0.29) is 12.1 Å². The highest BCUT2D eigenvalue weighted by Gasteiger charge is 2.14. The summed E-state index contributed by atoms with van der Waals surface area (Å²) in [6.45, 7) is 1.80. The van der Waals surface area contributed by atoms with Crippen molar-refractivity contribution in [3.63, 3.8) is 0 Å². The molecule has 0 unspecified atom stereocenters. The summed E-state index contributed by atoms with van der Waals surface area (Å²) in [5.41, 5.74) is 0.480. The van der Waals surface area contributed by atoms with Gasteiger partial charge < -0.3 is 14.8 Å². The number of carbonyl (C=O) groups is 1. The van der Waals surface area contributed by atoms with Crippen LogP contribution in [0.25, 0.3) is 0 Å². The quantitative estimate of drug-likeness (QED) is 0.855. The van der Waals surface area contributed by atoms with Crippen LogP contribution in [0.5, 0.6) is 0 Å². The van der Waals surface area contributed by atoms with E-state index in [1.54, 1.807) is 6.92 Å². The number of aryl methyl sites for hydroxylation is 1. The number of rotatable bonds is 4. The molecule has 0 aliphatic rings. The summed E-state index contributed by atoms with van der Waals surface area (Å²) in [5, 5.41) is 28.1. The van der Waals surface area contributed by atoms with Gasteiger partial charge in [0.2, 0.25) is 0 Å². The van der Waals surface area contributed by atoms with E-state index in [1.165, 1.54) is 18.3 Å². The molecule has 7 heteroatoms. The zero-order chi connectivity index (χ0) is 13.8. The Morgan fingerprint density at radius 1 is 1.63 bits per heavy atom. The number of aromatic carboxylic acids is 1. The Morgan fingerprint density at radius 2 is 2.42 bits per heavy atom. The smallest absolute Gasteiger partial charge is 0.339 e. The van der Waals surface area contributed by atoms with E-state index in [2.05, 4.69) is 15.5 Å². The van der Waals surface area contributed by atoms with Gasteiger partial charge in [-0.1, -0.05) is 0 Å². The molecule has 0 spiro atoms. The fourth-order valence-electron chi connectivity index (χ4n) is 1.57. The lowest BCUT2D eigenvalue weighted by Gasteiger charge is -2.03. The number of furan rings is 1. The van der Waals surface area contributed by atoms with Crippen molar-refractivity contribution < 1.29 is 14.3 Å². The highest BCUT2D eigenvalue weighted by molar-refractivity contribution is 5.88. The highest BCUT2D eigenvalue weighted by atomic mass is 16.4. The van der Waals surface area contributed by atoms with Gasteiger partial charge in [0.05, 0.1) is 18.3 Å². The zero-order valence-electron chi connectivity index (χ0n) is 10.0. The van der Waals surface area contributed by atoms with Gasteiger partial charge in [0.25, 0.3) is 0 Å². The average Bonchev–Trinajstić information content (AvgIpc) is 2.78. The van der Waals surface area contributed by atoms with Crippen LogP contribution in [0, 0.1) is 18.3 Å². The van der Waals surface area contributed by atoms with Crippen LogP contribution in [0.2, 0.25) is 0 Å². The van der Waals surface area contributed by atoms with Gasteiger partial charge in [0.15, 0.2) is 5.82 Å². The van der Waals surface area contributed by atoms with Gasteiger partial charge >= 0.3 is 5.97 Å². The van der Waals surface area contributed by atoms with Crippen molar-refractivity contribution in [2.75, 3.05) is 5.32 Å². The SMILES string of the molecule is Cc1oc(CNc2nnccc2C#N)cc1C(=O)O. The fourth-order valence-corrected chi connectivity index (χ4v) is 1.57. The molecule has 0 aliphatic carbocycles. The van der Waals surface area contributed by atoms with Crippen molar-refractivity contribution in [2.24, 2.45) is 0 Å². The Hall–Kier alpha value is -2.88. The molecule has 0 atom stereocenters. The second-order valence-electron chi connectivity index (χ2n) is 3.75. The first-order valence-corrected chi connectivity index (χ1v) is 5.40. The third-order valence-electron chi connectivity index (χ3n) is 2.47. The standard InChI is InChI=1S/C12H10N4O3/c1-7-10(12(17)18)4-9(19-7)6-14-11-8(5-13)2-3-15-16-11/h2-4H,6H2,1H3,(H,14,16)(H,17,18). The van der Waals surface area contributed by atoms with Crippen LogP contribution in [0.3, 0.4) is 0 Å². The van der Waals surface area contributed by atoms with Gasteiger partial charge in [0, 0.05) is 0 Å². The minimum absolute atomic E-state index is 0.122. The summed E-state index contributed by atoms with van der Waals surface area (Å²) in [4.78, 5) is 10.9. The Bertz CT molecular complexity index is 657. The maximum atomic E-state index is 10.9. The third-order valence-corrected chi connectivity index (χ3v) is 2.47. The summed E-state index contributed by atoms with van der Waals surface area (Å²) >= 11 is 0.